The largest absolute Gasteiger partial charge is 0.497 e. The Labute approximate surface area is 147 Å². The predicted octanol–water partition coefficient (Wildman–Crippen LogP) is 3.20. The van der Waals surface area contributed by atoms with Crippen molar-refractivity contribution >= 4 is 43.4 Å². The molecule has 0 spiro atoms. The van der Waals surface area contributed by atoms with Crippen LogP contribution in [0.5, 0.6) is 5.75 Å². The smallest absolute Gasteiger partial charge is 0.248 e. The number of carbonyl (C=O) groups excluding carboxylic acids is 1. The molecule has 0 saturated carbocycles. The number of anilines is 1. The molecule has 2 heterocycles. The number of fused-ring (bicyclic) bond motifs is 3. The third kappa shape index (κ3) is 2.54. The lowest BCUT2D eigenvalue weighted by Gasteiger charge is -2.08. The van der Waals surface area contributed by atoms with Gasteiger partial charge in [0.25, 0.3) is 0 Å². The van der Waals surface area contributed by atoms with Gasteiger partial charge in [0, 0.05) is 15.6 Å². The van der Waals surface area contributed by atoms with Crippen molar-refractivity contribution in [2.24, 2.45) is 5.73 Å². The zero-order valence-corrected chi connectivity index (χ0v) is 14.1. The Kier molecular flexibility index (Phi) is 3.51. The van der Waals surface area contributed by atoms with Gasteiger partial charge in [-0.15, -0.1) is 11.3 Å². The molecule has 4 rings (SSSR count). The van der Waals surface area contributed by atoms with Gasteiger partial charge in [-0.1, -0.05) is 12.1 Å². The van der Waals surface area contributed by atoms with Crippen LogP contribution in [-0.2, 0) is 0 Å². The second-order valence-electron chi connectivity index (χ2n) is 5.56. The molecule has 0 fully saturated rings. The van der Waals surface area contributed by atoms with Gasteiger partial charge in [0.15, 0.2) is 0 Å². The fraction of sp³-hybridized carbons (Fsp3) is 0.0556. The second-order valence-corrected chi connectivity index (χ2v) is 6.62. The zero-order chi connectivity index (χ0) is 17.6. The number of nitrogens with zero attached hydrogens (tertiary/aromatic N) is 2. The van der Waals surface area contributed by atoms with Gasteiger partial charge in [-0.2, -0.15) is 0 Å². The summed E-state index contributed by atoms with van der Waals surface area (Å²) in [4.78, 5) is 19.9. The summed E-state index contributed by atoms with van der Waals surface area (Å²) in [7, 11) is 1.56. The highest BCUT2D eigenvalue weighted by Gasteiger charge is 2.12. The molecule has 4 N–H and O–H groups in total. The Morgan fingerprint density at radius 1 is 1.12 bits per heavy atom. The molecule has 4 aromatic rings. The zero-order valence-electron chi connectivity index (χ0n) is 13.3. The van der Waals surface area contributed by atoms with Crippen LogP contribution < -0.4 is 16.2 Å². The van der Waals surface area contributed by atoms with Crippen LogP contribution in [0.4, 0.5) is 5.82 Å². The van der Waals surface area contributed by atoms with Crippen molar-refractivity contribution in [3.05, 3.63) is 48.3 Å². The maximum Gasteiger partial charge on any atom is 0.248 e. The van der Waals surface area contributed by atoms with Gasteiger partial charge in [-0.05, 0) is 35.4 Å². The molecule has 7 heteroatoms. The molecule has 124 valence electrons. The molecule has 2 aromatic carbocycles. The van der Waals surface area contributed by atoms with Gasteiger partial charge < -0.3 is 16.2 Å². The molecule has 0 atom stereocenters. The van der Waals surface area contributed by atoms with E-state index >= 15 is 0 Å². The summed E-state index contributed by atoms with van der Waals surface area (Å²) in [5, 5.41) is 1.02. The molecular weight excluding hydrogens is 336 g/mol. The topological polar surface area (TPSA) is 104 Å². The van der Waals surface area contributed by atoms with Gasteiger partial charge in [0.05, 0.1) is 17.3 Å². The summed E-state index contributed by atoms with van der Waals surface area (Å²) in [6, 6.07) is 11.3. The number of hydrogen-bond acceptors (Lipinski definition) is 6. The third-order valence-corrected chi connectivity index (χ3v) is 5.20. The molecule has 0 aliphatic heterocycles. The lowest BCUT2D eigenvalue weighted by atomic mass is 10.0. The Morgan fingerprint density at radius 3 is 2.72 bits per heavy atom. The number of aromatic nitrogens is 2. The van der Waals surface area contributed by atoms with E-state index in [1.54, 1.807) is 30.6 Å². The Hall–Kier alpha value is -3.19. The fourth-order valence-electron chi connectivity index (χ4n) is 2.80. The fourth-order valence-corrected chi connectivity index (χ4v) is 3.89. The number of nitrogen functional groups attached to an aromatic ring is 1. The molecule has 0 aliphatic rings. The maximum absolute atomic E-state index is 11.6. The number of methoxy groups -OCH3 is 1. The summed E-state index contributed by atoms with van der Waals surface area (Å²) in [5.74, 6) is 0.564. The van der Waals surface area contributed by atoms with Crippen molar-refractivity contribution in [2.75, 3.05) is 12.8 Å². The van der Waals surface area contributed by atoms with E-state index < -0.39 is 5.91 Å². The van der Waals surface area contributed by atoms with Gasteiger partial charge in [-0.25, -0.2) is 9.97 Å². The molecule has 0 aliphatic carbocycles. The van der Waals surface area contributed by atoms with E-state index in [9.17, 15) is 4.79 Å². The minimum absolute atomic E-state index is 0.404. The van der Waals surface area contributed by atoms with Gasteiger partial charge >= 0.3 is 0 Å². The molecule has 2 aromatic heterocycles. The molecule has 6 nitrogen and oxygen atoms in total. The summed E-state index contributed by atoms with van der Waals surface area (Å²) in [6.07, 6.45) is 1.47. The van der Waals surface area contributed by atoms with E-state index in [0.717, 1.165) is 31.4 Å². The van der Waals surface area contributed by atoms with Crippen LogP contribution in [0.1, 0.15) is 10.4 Å². The first-order valence-corrected chi connectivity index (χ1v) is 8.30. The van der Waals surface area contributed by atoms with E-state index in [-0.39, 0.29) is 0 Å². The van der Waals surface area contributed by atoms with Crippen LogP contribution in [0.3, 0.4) is 0 Å². The number of nitrogens with two attached hydrogens (primary N) is 2. The van der Waals surface area contributed by atoms with Crippen molar-refractivity contribution < 1.29 is 9.53 Å². The minimum Gasteiger partial charge on any atom is -0.497 e. The number of benzene rings is 2. The summed E-state index contributed by atoms with van der Waals surface area (Å²) in [6.45, 7) is 0. The SMILES string of the molecule is COc1cc(C(N)=O)cc(-c2ccc3c(c2)sc2c(N)ncnc23)c1. The lowest BCUT2D eigenvalue weighted by Crippen LogP contribution is -2.11. The molecule has 25 heavy (non-hydrogen) atoms. The van der Waals surface area contributed by atoms with Crippen molar-refractivity contribution in [3.63, 3.8) is 0 Å². The first-order chi connectivity index (χ1) is 12.1. The standard InChI is InChI=1S/C18H14N4O2S/c1-24-12-5-10(4-11(6-12)18(20)23)9-2-3-13-14(7-9)25-16-15(13)21-8-22-17(16)19/h2-8H,1H3,(H2,20,23)(H2,19,21,22). The lowest BCUT2D eigenvalue weighted by molar-refractivity contribution is 0.1000. The number of ether oxygens (including phenoxy) is 1. The Bertz CT molecular complexity index is 1140. The highest BCUT2D eigenvalue weighted by atomic mass is 32.1. The molecule has 0 unspecified atom stereocenters. The minimum atomic E-state index is -0.494. The first kappa shape index (κ1) is 15.3. The number of primary amides is 1. The van der Waals surface area contributed by atoms with Crippen molar-refractivity contribution in [1.29, 1.82) is 0 Å². The van der Waals surface area contributed by atoms with Crippen LogP contribution in [-0.4, -0.2) is 23.0 Å². The predicted molar refractivity (Wildman–Crippen MR) is 99.8 cm³/mol. The Balaban J connectivity index is 1.93. The highest BCUT2D eigenvalue weighted by molar-refractivity contribution is 7.26. The number of carbonyl (C=O) groups is 1. The van der Waals surface area contributed by atoms with Gasteiger partial charge in [0.2, 0.25) is 5.91 Å². The van der Waals surface area contributed by atoms with Gasteiger partial charge in [0.1, 0.15) is 17.9 Å². The van der Waals surface area contributed by atoms with Crippen molar-refractivity contribution in [3.8, 4) is 16.9 Å². The molecule has 0 bridgehead atoms. The summed E-state index contributed by atoms with van der Waals surface area (Å²) < 4.78 is 7.20. The van der Waals surface area contributed by atoms with Gasteiger partial charge in [-0.3, -0.25) is 4.79 Å². The maximum atomic E-state index is 11.6. The van der Waals surface area contributed by atoms with E-state index in [1.807, 2.05) is 24.3 Å². The molecule has 1 amide bonds. The van der Waals surface area contributed by atoms with E-state index in [2.05, 4.69) is 9.97 Å². The summed E-state index contributed by atoms with van der Waals surface area (Å²) >= 11 is 1.54. The molecular formula is C18H14N4O2S. The normalized spacial score (nSPS) is 11.1. The average molecular weight is 350 g/mol. The van der Waals surface area contributed by atoms with Crippen LogP contribution in [0.2, 0.25) is 0 Å². The number of thiophene rings is 1. The molecule has 0 radical (unpaired) electrons. The number of rotatable bonds is 3. The van der Waals surface area contributed by atoms with Crippen molar-refractivity contribution in [1.82, 2.24) is 9.97 Å². The highest BCUT2D eigenvalue weighted by Crippen LogP contribution is 2.37. The third-order valence-electron chi connectivity index (χ3n) is 4.04. The van der Waals surface area contributed by atoms with E-state index in [1.165, 1.54) is 6.33 Å². The Morgan fingerprint density at radius 2 is 1.96 bits per heavy atom. The first-order valence-electron chi connectivity index (χ1n) is 7.49. The number of hydrogen-bond donors (Lipinski definition) is 2. The quantitative estimate of drug-likeness (QED) is 0.590. The van der Waals surface area contributed by atoms with Crippen molar-refractivity contribution in [2.45, 2.75) is 0 Å². The van der Waals surface area contributed by atoms with E-state index in [0.29, 0.717) is 17.1 Å². The van der Waals surface area contributed by atoms with Crippen LogP contribution in [0, 0.1) is 0 Å². The second kappa shape index (κ2) is 5.71. The van der Waals surface area contributed by atoms with Crippen LogP contribution in [0.25, 0.3) is 31.4 Å². The average Bonchev–Trinajstić information content (AvgIpc) is 3.00. The monoisotopic (exact) mass is 350 g/mol. The number of amides is 1. The van der Waals surface area contributed by atoms with Crippen LogP contribution in [0.15, 0.2) is 42.7 Å². The van der Waals surface area contributed by atoms with Crippen LogP contribution >= 0.6 is 11.3 Å². The van der Waals surface area contributed by atoms with E-state index in [4.69, 9.17) is 16.2 Å². The summed E-state index contributed by atoms with van der Waals surface area (Å²) in [5.41, 5.74) is 14.4. The molecule has 0 saturated heterocycles.